The van der Waals surface area contributed by atoms with E-state index in [1.807, 2.05) is 6.07 Å². The molecule has 94 valence electrons. The fourth-order valence-corrected chi connectivity index (χ4v) is 1.61. The van der Waals surface area contributed by atoms with Crippen LogP contribution in [0, 0.1) is 11.3 Å². The lowest BCUT2D eigenvalue weighted by Gasteiger charge is -2.06. The number of nitriles is 1. The lowest BCUT2D eigenvalue weighted by Crippen LogP contribution is -2.15. The summed E-state index contributed by atoms with van der Waals surface area (Å²) in [4.78, 5) is 11.9. The predicted molar refractivity (Wildman–Crippen MR) is 71.2 cm³/mol. The van der Waals surface area contributed by atoms with E-state index in [0.717, 1.165) is 0 Å². The monoisotopic (exact) mass is 292 g/mol. The Labute approximate surface area is 118 Å². The van der Waals surface area contributed by atoms with Crippen molar-refractivity contribution in [2.45, 2.75) is 0 Å². The van der Waals surface area contributed by atoms with Crippen molar-refractivity contribution in [3.63, 3.8) is 0 Å². The number of hydrogen-bond donors (Lipinski definition) is 1. The van der Waals surface area contributed by atoms with Crippen molar-refractivity contribution in [1.29, 1.82) is 5.26 Å². The minimum Gasteiger partial charge on any atom is -0.319 e. The number of aromatic nitrogens is 2. The second-order valence-electron chi connectivity index (χ2n) is 3.50. The van der Waals surface area contributed by atoms with Crippen LogP contribution in [-0.4, -0.2) is 16.1 Å². The van der Waals surface area contributed by atoms with Crippen LogP contribution in [0.15, 0.2) is 30.3 Å². The van der Waals surface area contributed by atoms with Crippen LogP contribution in [0.25, 0.3) is 0 Å². The third kappa shape index (κ3) is 3.19. The molecule has 7 heteroatoms. The molecule has 0 saturated heterocycles. The highest BCUT2D eigenvalue weighted by Gasteiger charge is 2.11. The zero-order valence-electron chi connectivity index (χ0n) is 9.39. The van der Waals surface area contributed by atoms with Crippen molar-refractivity contribution >= 4 is 34.8 Å². The highest BCUT2D eigenvalue weighted by molar-refractivity contribution is 6.31. The zero-order valence-corrected chi connectivity index (χ0v) is 10.9. The van der Waals surface area contributed by atoms with Gasteiger partial charge in [-0.25, -0.2) is 0 Å². The first kappa shape index (κ1) is 13.3. The molecule has 0 unspecified atom stereocenters. The first-order valence-corrected chi connectivity index (χ1v) is 5.86. The smallest absolute Gasteiger partial charge is 0.276 e. The third-order valence-corrected chi connectivity index (χ3v) is 2.65. The summed E-state index contributed by atoms with van der Waals surface area (Å²) >= 11 is 11.4. The number of carbonyl (C=O) groups is 1. The van der Waals surface area contributed by atoms with Gasteiger partial charge in [-0.1, -0.05) is 23.2 Å². The van der Waals surface area contributed by atoms with Crippen molar-refractivity contribution in [1.82, 2.24) is 10.2 Å². The summed E-state index contributed by atoms with van der Waals surface area (Å²) in [5, 5.41) is 19.3. The van der Waals surface area contributed by atoms with Crippen LogP contribution < -0.4 is 5.32 Å². The van der Waals surface area contributed by atoms with E-state index >= 15 is 0 Å². The molecular weight excluding hydrogens is 287 g/mol. The fourth-order valence-electron chi connectivity index (χ4n) is 1.34. The Morgan fingerprint density at radius 3 is 2.63 bits per heavy atom. The Balaban J connectivity index is 2.26. The average Bonchev–Trinajstić information content (AvgIpc) is 2.39. The summed E-state index contributed by atoms with van der Waals surface area (Å²) < 4.78 is 0. The summed E-state index contributed by atoms with van der Waals surface area (Å²) in [5.74, 6) is -0.497. The zero-order chi connectivity index (χ0) is 13.8. The van der Waals surface area contributed by atoms with Crippen LogP contribution in [0.3, 0.4) is 0 Å². The Morgan fingerprint density at radius 2 is 2.00 bits per heavy atom. The first-order chi connectivity index (χ1) is 9.10. The molecule has 0 spiro atoms. The molecule has 0 fully saturated rings. The fraction of sp³-hybridized carbons (Fsp3) is 0. The predicted octanol–water partition coefficient (Wildman–Crippen LogP) is 2.91. The summed E-state index contributed by atoms with van der Waals surface area (Å²) in [6.07, 6.45) is 0. The first-order valence-electron chi connectivity index (χ1n) is 5.10. The molecule has 1 aromatic carbocycles. The molecular formula is C12H6Cl2N4O. The normalized spacial score (nSPS) is 9.74. The highest BCUT2D eigenvalue weighted by Crippen LogP contribution is 2.20. The molecule has 0 aliphatic heterocycles. The molecule has 1 N–H and O–H groups in total. The van der Waals surface area contributed by atoms with Crippen molar-refractivity contribution < 1.29 is 4.79 Å². The van der Waals surface area contributed by atoms with E-state index in [0.29, 0.717) is 16.3 Å². The molecule has 2 rings (SSSR count). The van der Waals surface area contributed by atoms with Crippen LogP contribution in [0.4, 0.5) is 5.69 Å². The summed E-state index contributed by atoms with van der Waals surface area (Å²) in [6, 6.07) is 9.42. The summed E-state index contributed by atoms with van der Waals surface area (Å²) in [6.45, 7) is 0. The van der Waals surface area contributed by atoms with Gasteiger partial charge in [0.1, 0.15) is 6.07 Å². The SMILES string of the molecule is N#Cc1ccc(Cl)cc1NC(=O)c1ccc(Cl)nn1. The highest BCUT2D eigenvalue weighted by atomic mass is 35.5. The van der Waals surface area contributed by atoms with E-state index < -0.39 is 5.91 Å². The Hall–Kier alpha value is -2.16. The lowest BCUT2D eigenvalue weighted by atomic mass is 10.2. The van der Waals surface area contributed by atoms with E-state index in [-0.39, 0.29) is 10.8 Å². The van der Waals surface area contributed by atoms with Gasteiger partial charge < -0.3 is 5.32 Å². The van der Waals surface area contributed by atoms with Crippen LogP contribution in [-0.2, 0) is 0 Å². The van der Waals surface area contributed by atoms with Gasteiger partial charge in [-0.05, 0) is 30.3 Å². The Kier molecular flexibility index (Phi) is 3.95. The van der Waals surface area contributed by atoms with Gasteiger partial charge in [-0.3, -0.25) is 4.79 Å². The van der Waals surface area contributed by atoms with E-state index in [1.165, 1.54) is 24.3 Å². The molecule has 0 bridgehead atoms. The van der Waals surface area contributed by atoms with Crippen LogP contribution in [0.5, 0.6) is 0 Å². The standard InChI is InChI=1S/C12H6Cl2N4O/c13-8-2-1-7(6-15)10(5-8)16-12(19)9-3-4-11(14)18-17-9/h1-5H,(H,16,19). The Morgan fingerprint density at radius 1 is 1.21 bits per heavy atom. The van der Waals surface area contributed by atoms with Gasteiger partial charge in [0.15, 0.2) is 10.8 Å². The number of amides is 1. The molecule has 19 heavy (non-hydrogen) atoms. The number of anilines is 1. The van der Waals surface area contributed by atoms with E-state index in [4.69, 9.17) is 28.5 Å². The number of benzene rings is 1. The van der Waals surface area contributed by atoms with E-state index in [1.54, 1.807) is 6.07 Å². The second-order valence-corrected chi connectivity index (χ2v) is 4.32. The van der Waals surface area contributed by atoms with Crippen molar-refractivity contribution in [2.75, 3.05) is 5.32 Å². The number of rotatable bonds is 2. The molecule has 1 amide bonds. The molecule has 0 saturated carbocycles. The van der Waals surface area contributed by atoms with Gasteiger partial charge in [0.05, 0.1) is 11.3 Å². The average molecular weight is 293 g/mol. The number of nitrogens with one attached hydrogen (secondary N) is 1. The van der Waals surface area contributed by atoms with Gasteiger partial charge in [0.2, 0.25) is 0 Å². The molecule has 1 heterocycles. The van der Waals surface area contributed by atoms with Crippen LogP contribution >= 0.6 is 23.2 Å². The van der Waals surface area contributed by atoms with Crippen molar-refractivity contribution in [2.24, 2.45) is 0 Å². The van der Waals surface area contributed by atoms with Crippen LogP contribution in [0.2, 0.25) is 10.2 Å². The molecule has 2 aromatic rings. The van der Waals surface area contributed by atoms with Crippen molar-refractivity contribution in [3.05, 3.63) is 51.8 Å². The lowest BCUT2D eigenvalue weighted by molar-refractivity contribution is 0.102. The number of halogens is 2. The largest absolute Gasteiger partial charge is 0.319 e. The minimum absolute atomic E-state index is 0.0910. The van der Waals surface area contributed by atoms with Crippen molar-refractivity contribution in [3.8, 4) is 6.07 Å². The number of carbonyl (C=O) groups excluding carboxylic acids is 1. The maximum absolute atomic E-state index is 11.9. The maximum atomic E-state index is 11.9. The summed E-state index contributed by atoms with van der Waals surface area (Å²) in [7, 11) is 0. The van der Waals surface area contributed by atoms with E-state index in [2.05, 4.69) is 15.5 Å². The number of nitrogens with zero attached hydrogens (tertiary/aromatic N) is 3. The second kappa shape index (κ2) is 5.65. The maximum Gasteiger partial charge on any atom is 0.276 e. The third-order valence-electron chi connectivity index (χ3n) is 2.21. The Bertz CT molecular complexity index is 664. The minimum atomic E-state index is -0.497. The van der Waals surface area contributed by atoms with Gasteiger partial charge in [-0.15, -0.1) is 10.2 Å². The van der Waals surface area contributed by atoms with Gasteiger partial charge in [-0.2, -0.15) is 5.26 Å². The topological polar surface area (TPSA) is 78.7 Å². The molecule has 5 nitrogen and oxygen atoms in total. The quantitative estimate of drug-likeness (QED) is 0.923. The van der Waals surface area contributed by atoms with E-state index in [9.17, 15) is 4.79 Å². The molecule has 0 aliphatic rings. The molecule has 0 radical (unpaired) electrons. The molecule has 1 aromatic heterocycles. The molecule has 0 aliphatic carbocycles. The molecule has 0 atom stereocenters. The summed E-state index contributed by atoms with van der Waals surface area (Å²) in [5.41, 5.74) is 0.713. The van der Waals surface area contributed by atoms with Crippen LogP contribution in [0.1, 0.15) is 16.1 Å². The van der Waals surface area contributed by atoms with Gasteiger partial charge in [0, 0.05) is 5.02 Å². The van der Waals surface area contributed by atoms with Gasteiger partial charge in [0.25, 0.3) is 5.91 Å². The van der Waals surface area contributed by atoms with Gasteiger partial charge >= 0.3 is 0 Å². The number of hydrogen-bond acceptors (Lipinski definition) is 4.